The molecular formula is C20H42O2. The van der Waals surface area contributed by atoms with Gasteiger partial charge in [-0.05, 0) is 12.8 Å². The van der Waals surface area contributed by atoms with E-state index in [9.17, 15) is 10.2 Å². The van der Waals surface area contributed by atoms with Crippen LogP contribution in [0, 0.1) is 0 Å². The van der Waals surface area contributed by atoms with Gasteiger partial charge in [-0.2, -0.15) is 0 Å². The van der Waals surface area contributed by atoms with Crippen molar-refractivity contribution in [2.24, 2.45) is 0 Å². The average molecular weight is 315 g/mol. The molecule has 0 aliphatic carbocycles. The van der Waals surface area contributed by atoms with E-state index in [2.05, 4.69) is 13.8 Å². The summed E-state index contributed by atoms with van der Waals surface area (Å²) < 4.78 is 0. The zero-order chi connectivity index (χ0) is 16.5. The molecule has 0 aliphatic heterocycles. The van der Waals surface area contributed by atoms with Crippen LogP contribution in [0.2, 0.25) is 0 Å². The molecular weight excluding hydrogens is 272 g/mol. The zero-order valence-electron chi connectivity index (χ0n) is 15.4. The second kappa shape index (κ2) is 15.8. The van der Waals surface area contributed by atoms with Gasteiger partial charge in [-0.25, -0.2) is 0 Å². The van der Waals surface area contributed by atoms with Gasteiger partial charge in [-0.1, -0.05) is 97.3 Å². The van der Waals surface area contributed by atoms with Crippen LogP contribution < -0.4 is 0 Å². The minimum Gasteiger partial charge on any atom is -0.366 e. The lowest BCUT2D eigenvalue weighted by Gasteiger charge is -2.21. The fraction of sp³-hybridized carbons (Fsp3) is 1.00. The first-order valence-corrected chi connectivity index (χ1v) is 10.1. The highest BCUT2D eigenvalue weighted by atomic mass is 16.5. The third kappa shape index (κ3) is 16.3. The molecule has 0 atom stereocenters. The van der Waals surface area contributed by atoms with Crippen LogP contribution in [-0.4, -0.2) is 16.0 Å². The van der Waals surface area contributed by atoms with Crippen LogP contribution in [0.4, 0.5) is 0 Å². The van der Waals surface area contributed by atoms with Crippen molar-refractivity contribution in [3.63, 3.8) is 0 Å². The van der Waals surface area contributed by atoms with E-state index in [1.807, 2.05) is 0 Å². The Kier molecular flexibility index (Phi) is 15.7. The summed E-state index contributed by atoms with van der Waals surface area (Å²) in [4.78, 5) is 0. The van der Waals surface area contributed by atoms with Crippen molar-refractivity contribution >= 4 is 0 Å². The summed E-state index contributed by atoms with van der Waals surface area (Å²) in [6.45, 7) is 4.47. The SMILES string of the molecule is CCCCCCCCCCCC(O)(O)CCCCCCCC. The zero-order valence-corrected chi connectivity index (χ0v) is 15.4. The summed E-state index contributed by atoms with van der Waals surface area (Å²) in [6, 6.07) is 0. The maximum atomic E-state index is 9.97. The van der Waals surface area contributed by atoms with Crippen LogP contribution in [-0.2, 0) is 0 Å². The van der Waals surface area contributed by atoms with E-state index in [0.29, 0.717) is 12.8 Å². The minimum atomic E-state index is -1.41. The number of unbranched alkanes of at least 4 members (excludes halogenated alkanes) is 13. The predicted octanol–water partition coefficient (Wildman–Crippen LogP) is 6.34. The summed E-state index contributed by atoms with van der Waals surface area (Å²) in [6.07, 6.45) is 19.7. The van der Waals surface area contributed by atoms with E-state index >= 15 is 0 Å². The number of hydrogen-bond donors (Lipinski definition) is 2. The van der Waals surface area contributed by atoms with E-state index in [4.69, 9.17) is 0 Å². The normalized spacial score (nSPS) is 12.0. The van der Waals surface area contributed by atoms with Crippen molar-refractivity contribution in [3.8, 4) is 0 Å². The third-order valence-corrected chi connectivity index (χ3v) is 4.61. The van der Waals surface area contributed by atoms with Gasteiger partial charge >= 0.3 is 0 Å². The average Bonchev–Trinajstić information content (AvgIpc) is 2.49. The first-order chi connectivity index (χ1) is 10.6. The molecule has 134 valence electrons. The van der Waals surface area contributed by atoms with Crippen molar-refractivity contribution in [1.29, 1.82) is 0 Å². The van der Waals surface area contributed by atoms with Gasteiger partial charge in [0.15, 0.2) is 5.79 Å². The third-order valence-electron chi connectivity index (χ3n) is 4.61. The van der Waals surface area contributed by atoms with Gasteiger partial charge in [0.25, 0.3) is 0 Å². The molecule has 0 aliphatic rings. The lowest BCUT2D eigenvalue weighted by molar-refractivity contribution is -0.172. The Morgan fingerprint density at radius 3 is 1.05 bits per heavy atom. The molecule has 0 unspecified atom stereocenters. The van der Waals surface area contributed by atoms with Gasteiger partial charge in [0.05, 0.1) is 0 Å². The quantitative estimate of drug-likeness (QED) is 0.243. The van der Waals surface area contributed by atoms with E-state index in [1.54, 1.807) is 0 Å². The minimum absolute atomic E-state index is 0.552. The fourth-order valence-electron chi connectivity index (χ4n) is 3.03. The Labute approximate surface area is 139 Å². The van der Waals surface area contributed by atoms with E-state index < -0.39 is 5.79 Å². The van der Waals surface area contributed by atoms with Crippen molar-refractivity contribution in [1.82, 2.24) is 0 Å². The number of hydrogen-bond acceptors (Lipinski definition) is 2. The number of aliphatic hydroxyl groups is 2. The molecule has 0 saturated carbocycles. The second-order valence-electron chi connectivity index (χ2n) is 7.08. The molecule has 22 heavy (non-hydrogen) atoms. The summed E-state index contributed by atoms with van der Waals surface area (Å²) in [7, 11) is 0. The molecule has 0 aromatic rings. The molecule has 0 aromatic carbocycles. The van der Waals surface area contributed by atoms with Crippen LogP contribution in [0.1, 0.15) is 123 Å². The first-order valence-electron chi connectivity index (χ1n) is 10.1. The standard InChI is InChI=1S/C20H42O2/c1-3-5-7-9-11-12-13-15-17-19-20(21,22)18-16-14-10-8-6-4-2/h21-22H,3-19H2,1-2H3. The Hall–Kier alpha value is -0.0800. The van der Waals surface area contributed by atoms with Gasteiger partial charge in [-0.3, -0.25) is 0 Å². The Morgan fingerprint density at radius 1 is 0.455 bits per heavy atom. The summed E-state index contributed by atoms with van der Waals surface area (Å²) in [5.41, 5.74) is 0. The monoisotopic (exact) mass is 314 g/mol. The van der Waals surface area contributed by atoms with Gasteiger partial charge in [-0.15, -0.1) is 0 Å². The van der Waals surface area contributed by atoms with Gasteiger partial charge in [0.2, 0.25) is 0 Å². The highest BCUT2D eigenvalue weighted by molar-refractivity contribution is 4.65. The molecule has 0 spiro atoms. The molecule has 0 aromatic heterocycles. The van der Waals surface area contributed by atoms with Crippen molar-refractivity contribution in [3.05, 3.63) is 0 Å². The van der Waals surface area contributed by atoms with Crippen LogP contribution in [0.3, 0.4) is 0 Å². The second-order valence-corrected chi connectivity index (χ2v) is 7.08. The first kappa shape index (κ1) is 21.9. The summed E-state index contributed by atoms with van der Waals surface area (Å²) >= 11 is 0. The fourth-order valence-corrected chi connectivity index (χ4v) is 3.03. The molecule has 0 radical (unpaired) electrons. The van der Waals surface area contributed by atoms with E-state index in [-0.39, 0.29) is 0 Å². The van der Waals surface area contributed by atoms with Crippen LogP contribution >= 0.6 is 0 Å². The lowest BCUT2D eigenvalue weighted by atomic mass is 9.99. The molecule has 0 amide bonds. The maximum Gasteiger partial charge on any atom is 0.162 e. The van der Waals surface area contributed by atoms with Gasteiger partial charge < -0.3 is 10.2 Å². The lowest BCUT2D eigenvalue weighted by Crippen LogP contribution is -2.27. The predicted molar refractivity (Wildman–Crippen MR) is 97.0 cm³/mol. The molecule has 2 N–H and O–H groups in total. The van der Waals surface area contributed by atoms with E-state index in [0.717, 1.165) is 25.7 Å². The molecule has 0 heterocycles. The van der Waals surface area contributed by atoms with Crippen molar-refractivity contribution < 1.29 is 10.2 Å². The summed E-state index contributed by atoms with van der Waals surface area (Å²) in [5.74, 6) is -1.41. The van der Waals surface area contributed by atoms with E-state index in [1.165, 1.54) is 70.6 Å². The Balaban J connectivity index is 3.32. The molecule has 0 saturated heterocycles. The van der Waals surface area contributed by atoms with Crippen molar-refractivity contribution in [2.75, 3.05) is 0 Å². The van der Waals surface area contributed by atoms with Crippen molar-refractivity contribution in [2.45, 2.75) is 129 Å². The largest absolute Gasteiger partial charge is 0.366 e. The van der Waals surface area contributed by atoms with Gasteiger partial charge in [0, 0.05) is 12.8 Å². The molecule has 2 nitrogen and oxygen atoms in total. The summed E-state index contributed by atoms with van der Waals surface area (Å²) in [5, 5.41) is 19.9. The smallest absolute Gasteiger partial charge is 0.162 e. The number of rotatable bonds is 17. The van der Waals surface area contributed by atoms with Gasteiger partial charge in [0.1, 0.15) is 0 Å². The van der Waals surface area contributed by atoms with Crippen LogP contribution in [0.15, 0.2) is 0 Å². The van der Waals surface area contributed by atoms with Crippen LogP contribution in [0.25, 0.3) is 0 Å². The molecule has 0 rings (SSSR count). The molecule has 2 heteroatoms. The Morgan fingerprint density at radius 2 is 0.727 bits per heavy atom. The molecule has 0 fully saturated rings. The Bertz CT molecular complexity index is 214. The maximum absolute atomic E-state index is 9.97. The van der Waals surface area contributed by atoms with Crippen LogP contribution in [0.5, 0.6) is 0 Å². The highest BCUT2D eigenvalue weighted by Gasteiger charge is 2.21. The topological polar surface area (TPSA) is 40.5 Å². The highest BCUT2D eigenvalue weighted by Crippen LogP contribution is 2.21. The molecule has 0 bridgehead atoms.